The third kappa shape index (κ3) is 5.08. The zero-order valence-electron chi connectivity index (χ0n) is 19.3. The van der Waals surface area contributed by atoms with Gasteiger partial charge in [-0.05, 0) is 55.2 Å². The standard InChI is InChI=1S/C25H32N2O5S/c1-19-7-12-22(33(29,30)26-14-16-32-17-15-26)18-23(19)25(28)27-13-5-3-4-6-24(27)20-8-10-21(31-2)11-9-20/h7-12,18,24H,3-6,13-17H2,1-2H3. The molecule has 2 aromatic carbocycles. The number of morpholine rings is 1. The Kier molecular flexibility index (Phi) is 7.36. The van der Waals surface area contributed by atoms with Crippen molar-refractivity contribution >= 4 is 15.9 Å². The van der Waals surface area contributed by atoms with Crippen LogP contribution in [0.25, 0.3) is 0 Å². The zero-order chi connectivity index (χ0) is 23.4. The number of hydrogen-bond acceptors (Lipinski definition) is 5. The monoisotopic (exact) mass is 472 g/mol. The quantitative estimate of drug-likeness (QED) is 0.662. The lowest BCUT2D eigenvalue weighted by Crippen LogP contribution is -2.40. The number of aryl methyl sites for hydroxylation is 1. The van der Waals surface area contributed by atoms with Crippen molar-refractivity contribution in [3.63, 3.8) is 0 Å². The van der Waals surface area contributed by atoms with Gasteiger partial charge in [0.25, 0.3) is 5.91 Å². The van der Waals surface area contributed by atoms with Gasteiger partial charge in [-0.25, -0.2) is 8.42 Å². The average Bonchev–Trinajstić information content (AvgIpc) is 3.10. The van der Waals surface area contributed by atoms with Crippen LogP contribution in [0.3, 0.4) is 0 Å². The van der Waals surface area contributed by atoms with Gasteiger partial charge in [-0.2, -0.15) is 4.31 Å². The van der Waals surface area contributed by atoms with Crippen molar-refractivity contribution in [3.8, 4) is 5.75 Å². The number of carbonyl (C=O) groups excluding carboxylic acids is 1. The molecule has 178 valence electrons. The van der Waals surface area contributed by atoms with E-state index in [2.05, 4.69) is 0 Å². The SMILES string of the molecule is COc1ccc(C2CCCCCN2C(=O)c2cc(S(=O)(=O)N3CCOCC3)ccc2C)cc1. The molecule has 1 amide bonds. The number of rotatable bonds is 5. The van der Waals surface area contributed by atoms with Crippen LogP contribution in [0.5, 0.6) is 5.75 Å². The highest BCUT2D eigenvalue weighted by Crippen LogP contribution is 2.33. The number of ether oxygens (including phenoxy) is 2. The maximum absolute atomic E-state index is 13.8. The summed E-state index contributed by atoms with van der Waals surface area (Å²) in [5.74, 6) is 0.663. The number of hydrogen-bond donors (Lipinski definition) is 0. The summed E-state index contributed by atoms with van der Waals surface area (Å²) in [4.78, 5) is 15.9. The lowest BCUT2D eigenvalue weighted by molar-refractivity contribution is 0.0679. The van der Waals surface area contributed by atoms with E-state index in [9.17, 15) is 13.2 Å². The second-order valence-corrected chi connectivity index (χ2v) is 10.6. The minimum absolute atomic E-state index is 0.0511. The van der Waals surface area contributed by atoms with Gasteiger partial charge in [0.15, 0.2) is 0 Å². The maximum Gasteiger partial charge on any atom is 0.254 e. The summed E-state index contributed by atoms with van der Waals surface area (Å²) >= 11 is 0. The van der Waals surface area contributed by atoms with Crippen LogP contribution in [0.2, 0.25) is 0 Å². The molecule has 0 spiro atoms. The van der Waals surface area contributed by atoms with Crippen LogP contribution in [-0.2, 0) is 14.8 Å². The Morgan fingerprint density at radius 3 is 2.42 bits per heavy atom. The molecule has 2 aliphatic heterocycles. The smallest absolute Gasteiger partial charge is 0.254 e. The van der Waals surface area contributed by atoms with Crippen LogP contribution in [0.4, 0.5) is 0 Å². The van der Waals surface area contributed by atoms with Gasteiger partial charge in [-0.3, -0.25) is 4.79 Å². The molecule has 2 heterocycles. The molecule has 7 nitrogen and oxygen atoms in total. The largest absolute Gasteiger partial charge is 0.497 e. The summed E-state index contributed by atoms with van der Waals surface area (Å²) < 4.78 is 38.4. The molecule has 0 aromatic heterocycles. The topological polar surface area (TPSA) is 76.2 Å². The number of methoxy groups -OCH3 is 1. The fourth-order valence-electron chi connectivity index (χ4n) is 4.61. The van der Waals surface area contributed by atoms with Gasteiger partial charge >= 0.3 is 0 Å². The molecule has 2 aliphatic rings. The summed E-state index contributed by atoms with van der Waals surface area (Å²) in [6.45, 7) is 3.92. The highest BCUT2D eigenvalue weighted by atomic mass is 32.2. The molecule has 8 heteroatoms. The van der Waals surface area contributed by atoms with Crippen LogP contribution >= 0.6 is 0 Å². The van der Waals surface area contributed by atoms with Crippen molar-refractivity contribution < 1.29 is 22.7 Å². The first-order chi connectivity index (χ1) is 15.9. The molecule has 0 radical (unpaired) electrons. The molecule has 0 saturated carbocycles. The number of nitrogens with zero attached hydrogens (tertiary/aromatic N) is 2. The van der Waals surface area contributed by atoms with Crippen molar-refractivity contribution in [1.82, 2.24) is 9.21 Å². The van der Waals surface area contributed by atoms with Gasteiger partial charge in [0.2, 0.25) is 10.0 Å². The van der Waals surface area contributed by atoms with Crippen LogP contribution in [0.1, 0.15) is 53.2 Å². The second-order valence-electron chi connectivity index (χ2n) is 8.63. The van der Waals surface area contributed by atoms with E-state index in [0.29, 0.717) is 38.4 Å². The molecule has 2 saturated heterocycles. The Morgan fingerprint density at radius 2 is 1.73 bits per heavy atom. The highest BCUT2D eigenvalue weighted by molar-refractivity contribution is 7.89. The van der Waals surface area contributed by atoms with Crippen LogP contribution in [0.15, 0.2) is 47.4 Å². The molecule has 0 N–H and O–H groups in total. The van der Waals surface area contributed by atoms with Crippen LogP contribution in [-0.4, -0.2) is 63.5 Å². The molecule has 4 rings (SSSR count). The molecule has 0 bridgehead atoms. The van der Waals surface area contributed by atoms with E-state index in [0.717, 1.165) is 42.6 Å². The Labute approximate surface area is 196 Å². The van der Waals surface area contributed by atoms with Gasteiger partial charge in [0.1, 0.15) is 5.75 Å². The fourth-order valence-corrected chi connectivity index (χ4v) is 6.04. The summed E-state index contributed by atoms with van der Waals surface area (Å²) in [6.07, 6.45) is 3.93. The van der Waals surface area contributed by atoms with Gasteiger partial charge in [-0.15, -0.1) is 0 Å². The maximum atomic E-state index is 13.8. The molecule has 0 aliphatic carbocycles. The number of amides is 1. The van der Waals surface area contributed by atoms with E-state index >= 15 is 0 Å². The van der Waals surface area contributed by atoms with E-state index in [4.69, 9.17) is 9.47 Å². The minimum atomic E-state index is -3.68. The minimum Gasteiger partial charge on any atom is -0.497 e. The third-order valence-corrected chi connectivity index (χ3v) is 8.46. The van der Waals surface area contributed by atoms with Gasteiger partial charge in [0, 0.05) is 25.2 Å². The average molecular weight is 473 g/mol. The number of carbonyl (C=O) groups is 1. The summed E-state index contributed by atoms with van der Waals surface area (Å²) in [5, 5.41) is 0. The van der Waals surface area contributed by atoms with E-state index in [-0.39, 0.29) is 16.8 Å². The number of sulfonamides is 1. The summed E-state index contributed by atoms with van der Waals surface area (Å²) in [5.41, 5.74) is 2.30. The van der Waals surface area contributed by atoms with E-state index < -0.39 is 10.0 Å². The summed E-state index contributed by atoms with van der Waals surface area (Å²) in [6, 6.07) is 12.7. The zero-order valence-corrected chi connectivity index (χ0v) is 20.1. The van der Waals surface area contributed by atoms with Crippen LogP contribution in [0, 0.1) is 6.92 Å². The second kappa shape index (κ2) is 10.2. The van der Waals surface area contributed by atoms with E-state index in [1.54, 1.807) is 25.3 Å². The molecule has 33 heavy (non-hydrogen) atoms. The van der Waals surface area contributed by atoms with E-state index in [1.165, 1.54) is 4.31 Å². The normalized spacial score (nSPS) is 20.3. The van der Waals surface area contributed by atoms with Crippen molar-refractivity contribution in [2.75, 3.05) is 40.0 Å². The lowest BCUT2D eigenvalue weighted by Gasteiger charge is -2.31. The number of benzene rings is 2. The number of likely N-dealkylation sites (tertiary alicyclic amines) is 1. The molecular weight excluding hydrogens is 440 g/mol. The molecule has 2 fully saturated rings. The Hall–Kier alpha value is -2.42. The lowest BCUT2D eigenvalue weighted by atomic mass is 9.99. The Balaban J connectivity index is 1.66. The summed E-state index contributed by atoms with van der Waals surface area (Å²) in [7, 11) is -2.04. The van der Waals surface area contributed by atoms with Crippen molar-refractivity contribution in [1.29, 1.82) is 0 Å². The molecular formula is C25H32N2O5S. The van der Waals surface area contributed by atoms with Gasteiger partial charge in [-0.1, -0.05) is 31.0 Å². The van der Waals surface area contributed by atoms with Crippen molar-refractivity contribution in [2.45, 2.75) is 43.5 Å². The third-order valence-electron chi connectivity index (χ3n) is 6.56. The van der Waals surface area contributed by atoms with Crippen LogP contribution < -0.4 is 4.74 Å². The first kappa shape index (κ1) is 23.7. The molecule has 2 aromatic rings. The molecule has 1 atom stereocenters. The predicted molar refractivity (Wildman–Crippen MR) is 126 cm³/mol. The van der Waals surface area contributed by atoms with Gasteiger partial charge in [0.05, 0.1) is 31.3 Å². The predicted octanol–water partition coefficient (Wildman–Crippen LogP) is 3.78. The Bertz CT molecular complexity index is 1080. The van der Waals surface area contributed by atoms with Crippen molar-refractivity contribution in [3.05, 3.63) is 59.2 Å². The first-order valence-electron chi connectivity index (χ1n) is 11.6. The molecule has 1 unspecified atom stereocenters. The van der Waals surface area contributed by atoms with E-state index in [1.807, 2.05) is 36.1 Å². The van der Waals surface area contributed by atoms with Crippen molar-refractivity contribution in [2.24, 2.45) is 0 Å². The Morgan fingerprint density at radius 1 is 1.00 bits per heavy atom. The first-order valence-corrected chi connectivity index (χ1v) is 13.0. The fraction of sp³-hybridized carbons (Fsp3) is 0.480. The van der Waals surface area contributed by atoms with Gasteiger partial charge < -0.3 is 14.4 Å². The highest BCUT2D eigenvalue weighted by Gasteiger charge is 2.31.